The van der Waals surface area contributed by atoms with Crippen molar-refractivity contribution in [3.63, 3.8) is 0 Å². The smallest absolute Gasteiger partial charge is 0.274 e. The van der Waals surface area contributed by atoms with Crippen molar-refractivity contribution < 1.29 is 14.3 Å². The van der Waals surface area contributed by atoms with Crippen molar-refractivity contribution in [2.45, 2.75) is 19.8 Å². The highest BCUT2D eigenvalue weighted by atomic mass is 16.5. The van der Waals surface area contributed by atoms with Gasteiger partial charge < -0.3 is 15.0 Å². The minimum absolute atomic E-state index is 0.0154. The van der Waals surface area contributed by atoms with Crippen LogP contribution in [0.1, 0.15) is 39.3 Å². The van der Waals surface area contributed by atoms with Crippen LogP contribution in [0.5, 0.6) is 5.88 Å². The maximum Gasteiger partial charge on any atom is 0.274 e. The van der Waals surface area contributed by atoms with Crippen LogP contribution in [0.3, 0.4) is 0 Å². The highest BCUT2D eigenvalue weighted by Gasteiger charge is 2.22. The first-order chi connectivity index (χ1) is 14.1. The van der Waals surface area contributed by atoms with Gasteiger partial charge in [-0.2, -0.15) is 0 Å². The fraction of sp³-hybridized carbons (Fsp3) is 0.261. The molecule has 6 heteroatoms. The lowest BCUT2D eigenvalue weighted by Crippen LogP contribution is -2.28. The Hall–Kier alpha value is -3.41. The number of amides is 2. The molecule has 1 aromatic heterocycles. The Bertz CT molecular complexity index is 1090. The zero-order chi connectivity index (χ0) is 20.4. The summed E-state index contributed by atoms with van der Waals surface area (Å²) >= 11 is 0. The second kappa shape index (κ2) is 7.91. The molecule has 0 bridgehead atoms. The average Bonchev–Trinajstić information content (AvgIpc) is 3.29. The molecule has 1 aliphatic heterocycles. The second-order valence-corrected chi connectivity index (χ2v) is 7.17. The minimum Gasteiger partial charge on any atom is -0.481 e. The lowest BCUT2D eigenvalue weighted by molar-refractivity contribution is 0.0791. The van der Waals surface area contributed by atoms with Crippen LogP contribution in [0.25, 0.3) is 10.8 Å². The molecule has 2 amide bonds. The summed E-state index contributed by atoms with van der Waals surface area (Å²) in [4.78, 5) is 31.9. The first-order valence-corrected chi connectivity index (χ1v) is 9.72. The number of rotatable bonds is 4. The van der Waals surface area contributed by atoms with Gasteiger partial charge in [-0.25, -0.2) is 4.98 Å². The van der Waals surface area contributed by atoms with Gasteiger partial charge in [-0.1, -0.05) is 24.3 Å². The lowest BCUT2D eigenvalue weighted by atomic mass is 10.1. The van der Waals surface area contributed by atoms with Crippen molar-refractivity contribution in [2.75, 3.05) is 25.5 Å². The number of anilines is 1. The van der Waals surface area contributed by atoms with Crippen LogP contribution in [-0.4, -0.2) is 41.9 Å². The summed E-state index contributed by atoms with van der Waals surface area (Å²) in [6.07, 6.45) is 2.08. The van der Waals surface area contributed by atoms with Crippen molar-refractivity contribution in [3.8, 4) is 5.88 Å². The van der Waals surface area contributed by atoms with Gasteiger partial charge in [0.1, 0.15) is 5.69 Å². The molecule has 0 unspecified atom stereocenters. The number of fused-ring (bicyclic) bond motifs is 1. The van der Waals surface area contributed by atoms with Gasteiger partial charge in [0.05, 0.1) is 7.11 Å². The van der Waals surface area contributed by atoms with Gasteiger partial charge in [0.15, 0.2) is 0 Å². The van der Waals surface area contributed by atoms with E-state index in [0.717, 1.165) is 42.3 Å². The number of nitrogens with zero attached hydrogens (tertiary/aromatic N) is 2. The van der Waals surface area contributed by atoms with Gasteiger partial charge in [0.2, 0.25) is 5.88 Å². The summed E-state index contributed by atoms with van der Waals surface area (Å²) < 4.78 is 5.36. The molecule has 0 radical (unpaired) electrons. The van der Waals surface area contributed by atoms with Crippen LogP contribution >= 0.6 is 0 Å². The van der Waals surface area contributed by atoms with Gasteiger partial charge in [-0.3, -0.25) is 9.59 Å². The van der Waals surface area contributed by atoms with Gasteiger partial charge in [-0.15, -0.1) is 0 Å². The highest BCUT2D eigenvalue weighted by molar-refractivity contribution is 6.07. The zero-order valence-corrected chi connectivity index (χ0v) is 16.6. The van der Waals surface area contributed by atoms with Gasteiger partial charge in [0.25, 0.3) is 11.8 Å². The van der Waals surface area contributed by atoms with E-state index in [-0.39, 0.29) is 17.5 Å². The third kappa shape index (κ3) is 3.66. The van der Waals surface area contributed by atoms with Crippen molar-refractivity contribution >= 4 is 28.3 Å². The number of carbonyl (C=O) groups is 2. The Morgan fingerprint density at radius 1 is 1.07 bits per heavy atom. The third-order valence-corrected chi connectivity index (χ3v) is 5.34. The second-order valence-electron chi connectivity index (χ2n) is 7.17. The van der Waals surface area contributed by atoms with E-state index in [9.17, 15) is 9.59 Å². The molecule has 2 aromatic carbocycles. The number of ether oxygens (including phenoxy) is 1. The van der Waals surface area contributed by atoms with E-state index in [0.29, 0.717) is 17.1 Å². The Balaban J connectivity index is 1.63. The van der Waals surface area contributed by atoms with E-state index >= 15 is 0 Å². The van der Waals surface area contributed by atoms with E-state index in [2.05, 4.69) is 10.3 Å². The molecule has 0 atom stereocenters. The molecule has 148 valence electrons. The molecule has 0 aliphatic carbocycles. The number of methoxy groups -OCH3 is 1. The maximum atomic E-state index is 12.9. The largest absolute Gasteiger partial charge is 0.481 e. The fourth-order valence-corrected chi connectivity index (χ4v) is 3.72. The van der Waals surface area contributed by atoms with Crippen LogP contribution < -0.4 is 10.1 Å². The van der Waals surface area contributed by atoms with Crippen molar-refractivity contribution in [1.29, 1.82) is 0 Å². The minimum atomic E-state index is -0.345. The highest BCUT2D eigenvalue weighted by Crippen LogP contribution is 2.26. The number of hydrogen-bond donors (Lipinski definition) is 1. The summed E-state index contributed by atoms with van der Waals surface area (Å²) in [6, 6.07) is 14.8. The molecule has 1 saturated heterocycles. The summed E-state index contributed by atoms with van der Waals surface area (Å²) in [6.45, 7) is 3.43. The average molecular weight is 389 g/mol. The lowest BCUT2D eigenvalue weighted by Gasteiger charge is -2.18. The summed E-state index contributed by atoms with van der Waals surface area (Å²) in [7, 11) is 1.54. The van der Waals surface area contributed by atoms with E-state index in [1.807, 2.05) is 42.2 Å². The van der Waals surface area contributed by atoms with E-state index in [1.54, 1.807) is 18.2 Å². The summed E-state index contributed by atoms with van der Waals surface area (Å²) in [5, 5.41) is 4.62. The number of hydrogen-bond acceptors (Lipinski definition) is 4. The normalized spacial score (nSPS) is 13.5. The summed E-state index contributed by atoms with van der Waals surface area (Å²) in [5.41, 5.74) is 2.24. The number of likely N-dealkylation sites (tertiary alicyclic amines) is 1. The molecule has 3 aromatic rings. The number of aromatic nitrogens is 1. The van der Waals surface area contributed by atoms with Crippen molar-refractivity contribution in [3.05, 3.63) is 65.4 Å². The number of pyridine rings is 1. The van der Waals surface area contributed by atoms with Crippen LogP contribution in [-0.2, 0) is 0 Å². The molecule has 0 saturated carbocycles. The van der Waals surface area contributed by atoms with Crippen LogP contribution in [0, 0.1) is 6.92 Å². The molecular formula is C23H23N3O3. The van der Waals surface area contributed by atoms with Crippen LogP contribution in [0.15, 0.2) is 48.5 Å². The van der Waals surface area contributed by atoms with E-state index in [1.165, 1.54) is 7.11 Å². The predicted octanol–water partition coefficient (Wildman–Crippen LogP) is 4.04. The molecular weight excluding hydrogens is 366 g/mol. The van der Waals surface area contributed by atoms with Crippen molar-refractivity contribution in [1.82, 2.24) is 9.88 Å². The van der Waals surface area contributed by atoms with Crippen LogP contribution in [0.2, 0.25) is 0 Å². The topological polar surface area (TPSA) is 71.5 Å². The maximum absolute atomic E-state index is 12.9. The Labute approximate surface area is 169 Å². The number of nitrogens with one attached hydrogen (secondary N) is 1. The molecule has 4 rings (SSSR count). The first kappa shape index (κ1) is 18.9. The molecule has 29 heavy (non-hydrogen) atoms. The molecule has 1 N–H and O–H groups in total. The SMILES string of the molecule is COc1nc(C(=O)Nc2cccc(C(=O)N3CCCC3)c2C)cc2ccccc12. The molecule has 2 heterocycles. The van der Waals surface area contributed by atoms with Gasteiger partial charge in [0, 0.05) is 29.7 Å². The molecule has 1 aliphatic rings. The van der Waals surface area contributed by atoms with Gasteiger partial charge >= 0.3 is 0 Å². The Kier molecular flexibility index (Phi) is 5.16. The number of benzene rings is 2. The number of carbonyl (C=O) groups excluding carboxylic acids is 2. The first-order valence-electron chi connectivity index (χ1n) is 9.72. The molecule has 1 fully saturated rings. The van der Waals surface area contributed by atoms with Gasteiger partial charge in [-0.05, 0) is 55.0 Å². The zero-order valence-electron chi connectivity index (χ0n) is 16.6. The quantitative estimate of drug-likeness (QED) is 0.731. The Morgan fingerprint density at radius 2 is 1.83 bits per heavy atom. The monoisotopic (exact) mass is 389 g/mol. The van der Waals surface area contributed by atoms with Crippen LogP contribution in [0.4, 0.5) is 5.69 Å². The Morgan fingerprint density at radius 3 is 2.59 bits per heavy atom. The third-order valence-electron chi connectivity index (χ3n) is 5.34. The predicted molar refractivity (Wildman–Crippen MR) is 113 cm³/mol. The van der Waals surface area contributed by atoms with E-state index in [4.69, 9.17) is 4.74 Å². The van der Waals surface area contributed by atoms with Crippen molar-refractivity contribution in [2.24, 2.45) is 0 Å². The summed E-state index contributed by atoms with van der Waals surface area (Å²) in [5.74, 6) is 0.0763. The molecule has 0 spiro atoms. The molecule has 6 nitrogen and oxygen atoms in total. The fourth-order valence-electron chi connectivity index (χ4n) is 3.72. The standard InChI is InChI=1S/C23H23N3O3/c1-15-17(23(28)26-12-5-6-13-26)10-7-11-19(15)24-21(27)20-14-16-8-3-4-9-18(16)22(25-20)29-2/h3-4,7-11,14H,5-6,12-13H2,1-2H3,(H,24,27). The van der Waals surface area contributed by atoms with E-state index < -0.39 is 0 Å².